The van der Waals surface area contributed by atoms with E-state index in [1.54, 1.807) is 12.4 Å². The van der Waals surface area contributed by atoms with Crippen LogP contribution in [0.2, 0.25) is 0 Å². The molecule has 0 amide bonds. The first-order valence-corrected chi connectivity index (χ1v) is 5.86. The maximum atomic E-state index is 8.65. The molecule has 1 heterocycles. The first kappa shape index (κ1) is 12.6. The third-order valence-corrected chi connectivity index (χ3v) is 2.78. The van der Waals surface area contributed by atoms with Crippen LogP contribution in [0.25, 0.3) is 0 Å². The number of nitriles is 1. The molecule has 0 radical (unpaired) electrons. The van der Waals surface area contributed by atoms with Gasteiger partial charge in [-0.1, -0.05) is 0 Å². The molecule has 0 saturated carbocycles. The van der Waals surface area contributed by atoms with Crippen LogP contribution < -0.4 is 10.4 Å². The zero-order valence-electron chi connectivity index (χ0n) is 8.43. The van der Waals surface area contributed by atoms with Gasteiger partial charge in [0.25, 0.3) is 5.67 Å². The molecule has 6 heteroatoms. The van der Waals surface area contributed by atoms with Gasteiger partial charge in [-0.3, -0.25) is 10.7 Å². The highest BCUT2D eigenvalue weighted by Crippen LogP contribution is 2.15. The largest absolute Gasteiger partial charge is 0.403 e. The summed E-state index contributed by atoms with van der Waals surface area (Å²) in [6, 6.07) is 3.97. The van der Waals surface area contributed by atoms with Crippen LogP contribution in [-0.2, 0) is 12.2 Å². The van der Waals surface area contributed by atoms with Crippen LogP contribution in [0.5, 0.6) is 0 Å². The van der Waals surface area contributed by atoms with Crippen molar-refractivity contribution in [1.29, 1.82) is 5.26 Å². The first-order valence-electron chi connectivity index (χ1n) is 4.44. The van der Waals surface area contributed by atoms with E-state index < -0.39 is 0 Å². The Labute approximate surface area is 103 Å². The number of thioether (sulfide) groups is 1. The predicted molar refractivity (Wildman–Crippen MR) is 68.1 cm³/mol. The molecule has 0 spiro atoms. The van der Waals surface area contributed by atoms with Gasteiger partial charge >= 0.3 is 5.17 Å². The molecular formula is C10H10ClN4S+. The minimum Gasteiger partial charge on any atom is -0.267 e. The van der Waals surface area contributed by atoms with Crippen molar-refractivity contribution in [3.8, 4) is 6.07 Å². The number of aromatic nitrogens is 1. The van der Waals surface area contributed by atoms with Gasteiger partial charge in [-0.05, 0) is 40.6 Å². The molecule has 16 heavy (non-hydrogen) atoms. The van der Waals surface area contributed by atoms with Crippen LogP contribution >= 0.6 is 23.4 Å². The van der Waals surface area contributed by atoms with E-state index in [9.17, 15) is 0 Å². The van der Waals surface area contributed by atoms with Gasteiger partial charge in [-0.25, -0.2) is 0 Å². The van der Waals surface area contributed by atoms with Crippen LogP contribution in [0.1, 0.15) is 11.1 Å². The molecule has 0 aromatic carbocycles. The molecule has 2 N–H and O–H groups in total. The van der Waals surface area contributed by atoms with Gasteiger partial charge in [0.05, 0.1) is 12.5 Å². The Morgan fingerprint density at radius 3 is 3.19 bits per heavy atom. The molecule has 82 valence electrons. The molecule has 0 aliphatic heterocycles. The van der Waals surface area contributed by atoms with Crippen molar-refractivity contribution >= 4 is 34.2 Å². The summed E-state index contributed by atoms with van der Waals surface area (Å²) in [7, 11) is 0. The smallest absolute Gasteiger partial charge is 0.267 e. The van der Waals surface area contributed by atoms with Crippen molar-refractivity contribution in [3.05, 3.63) is 29.6 Å². The van der Waals surface area contributed by atoms with E-state index in [1.165, 1.54) is 11.8 Å². The van der Waals surface area contributed by atoms with E-state index in [2.05, 4.69) is 15.7 Å². The average molecular weight is 254 g/mol. The highest BCUT2D eigenvalue weighted by atomic mass is 35.5. The maximum absolute atomic E-state index is 8.65. The topological polar surface area (TPSA) is 76.8 Å². The summed E-state index contributed by atoms with van der Waals surface area (Å²) in [6.45, 7) is 0. The highest BCUT2D eigenvalue weighted by molar-refractivity contribution is 8.13. The van der Waals surface area contributed by atoms with E-state index in [0.29, 0.717) is 17.3 Å². The van der Waals surface area contributed by atoms with E-state index >= 15 is 0 Å². The second-order valence-electron chi connectivity index (χ2n) is 2.83. The average Bonchev–Trinajstić information content (AvgIpc) is 2.29. The van der Waals surface area contributed by atoms with Crippen molar-refractivity contribution in [2.24, 2.45) is 5.73 Å². The Morgan fingerprint density at radius 1 is 1.69 bits per heavy atom. The van der Waals surface area contributed by atoms with Gasteiger partial charge in [-0.15, -0.1) is 0 Å². The summed E-state index contributed by atoms with van der Waals surface area (Å²) in [4.78, 5) is 3.98. The van der Waals surface area contributed by atoms with E-state index in [-0.39, 0.29) is 0 Å². The summed E-state index contributed by atoms with van der Waals surface area (Å²) >= 11 is 6.67. The SMILES string of the molecule is N#CCc1cnccc1CSC(N)=[N+]=CCl. The molecule has 0 fully saturated rings. The third-order valence-electron chi connectivity index (χ3n) is 1.83. The summed E-state index contributed by atoms with van der Waals surface area (Å²) in [5.74, 6) is 0.652. The van der Waals surface area contributed by atoms with Crippen molar-refractivity contribution in [2.75, 3.05) is 0 Å². The number of nitrogens with zero attached hydrogens (tertiary/aromatic N) is 3. The number of hydrogen-bond donors (Lipinski definition) is 1. The molecule has 0 bridgehead atoms. The monoisotopic (exact) mass is 253 g/mol. The lowest BCUT2D eigenvalue weighted by Crippen LogP contribution is -2.10. The molecule has 0 aliphatic carbocycles. The molecule has 0 atom stereocenters. The van der Waals surface area contributed by atoms with E-state index in [4.69, 9.17) is 22.6 Å². The van der Waals surface area contributed by atoms with E-state index in [1.807, 2.05) is 6.07 Å². The van der Waals surface area contributed by atoms with Crippen LogP contribution in [0.3, 0.4) is 0 Å². The number of halogens is 1. The Bertz CT molecular complexity index is 460. The first-order chi connectivity index (χ1) is 7.77. The van der Waals surface area contributed by atoms with Gasteiger partial charge < -0.3 is 0 Å². The summed E-state index contributed by atoms with van der Waals surface area (Å²) in [5, 5.41) is 9.05. The van der Waals surface area contributed by atoms with Crippen molar-refractivity contribution in [1.82, 2.24) is 9.65 Å². The Balaban J connectivity index is 2.74. The van der Waals surface area contributed by atoms with Crippen LogP contribution in [0.15, 0.2) is 18.5 Å². The van der Waals surface area contributed by atoms with Gasteiger partial charge in [-0.2, -0.15) is 9.93 Å². The molecule has 0 unspecified atom stereocenters. The number of rotatable bonds is 3. The number of nitrogens with two attached hydrogens (primary N) is 1. The molecule has 1 rings (SSSR count). The highest BCUT2D eigenvalue weighted by Gasteiger charge is 2.06. The zero-order valence-corrected chi connectivity index (χ0v) is 10.0. The molecular weight excluding hydrogens is 244 g/mol. The van der Waals surface area contributed by atoms with Crippen molar-refractivity contribution in [2.45, 2.75) is 12.2 Å². The van der Waals surface area contributed by atoms with E-state index in [0.717, 1.165) is 16.8 Å². The lowest BCUT2D eigenvalue weighted by molar-refractivity contribution is 1.14. The predicted octanol–water partition coefficient (Wildman–Crippen LogP) is 1.03. The second kappa shape index (κ2) is 6.91. The molecule has 1 aromatic rings. The molecule has 0 aliphatic rings. The Hall–Kier alpha value is -1.47. The lowest BCUT2D eigenvalue weighted by Gasteiger charge is -2.02. The van der Waals surface area contributed by atoms with Gasteiger partial charge in [0, 0.05) is 18.1 Å². The van der Waals surface area contributed by atoms with Gasteiger partial charge in [0.1, 0.15) is 0 Å². The van der Waals surface area contributed by atoms with Gasteiger partial charge in [0.15, 0.2) is 0 Å². The minimum atomic E-state index is 0.350. The summed E-state index contributed by atoms with van der Waals surface area (Å²) in [6.07, 6.45) is 3.74. The number of pyridine rings is 1. The minimum absolute atomic E-state index is 0.350. The quantitative estimate of drug-likeness (QED) is 0.496. The summed E-state index contributed by atoms with van der Waals surface area (Å²) < 4.78 is 3.73. The number of hydrogen-bond acceptors (Lipinski definition) is 3. The maximum Gasteiger partial charge on any atom is 0.403 e. The van der Waals surface area contributed by atoms with Crippen LogP contribution in [0, 0.1) is 11.3 Å². The zero-order chi connectivity index (χ0) is 11.8. The van der Waals surface area contributed by atoms with Gasteiger partial charge in [0.2, 0.25) is 0 Å². The molecule has 1 aromatic heterocycles. The second-order valence-corrected chi connectivity index (χ2v) is 4.02. The fourth-order valence-electron chi connectivity index (χ4n) is 1.08. The van der Waals surface area contributed by atoms with Crippen LogP contribution in [0.4, 0.5) is 0 Å². The summed E-state index contributed by atoms with van der Waals surface area (Å²) in [5.41, 5.74) is 8.66. The lowest BCUT2D eigenvalue weighted by atomic mass is 10.1. The normalized spacial score (nSPS) is 9.00. The fourth-order valence-corrected chi connectivity index (χ4v) is 1.95. The standard InChI is InChI=1S/C10H9ClN4S/c11-7-15-10(13)16-6-9-2-4-14-5-8(9)1-3-12/h2,4-5,7,13H,1,6H2/p+1. The number of amidine groups is 1. The van der Waals surface area contributed by atoms with Crippen LogP contribution in [-0.4, -0.2) is 15.8 Å². The fraction of sp³-hybridized carbons (Fsp3) is 0.200. The molecule has 4 nitrogen and oxygen atoms in total. The Morgan fingerprint density at radius 2 is 2.50 bits per heavy atom. The molecule has 0 saturated heterocycles. The third kappa shape index (κ3) is 3.95. The van der Waals surface area contributed by atoms with Crippen molar-refractivity contribution < 1.29 is 0 Å². The Kier molecular flexibility index (Phi) is 5.44. The van der Waals surface area contributed by atoms with Crippen molar-refractivity contribution in [3.63, 3.8) is 0 Å².